The summed E-state index contributed by atoms with van der Waals surface area (Å²) < 4.78 is 32.5. The van der Waals surface area contributed by atoms with Gasteiger partial charge in [-0.05, 0) is 98.4 Å². The summed E-state index contributed by atoms with van der Waals surface area (Å²) in [6, 6.07) is 25.4. The van der Waals surface area contributed by atoms with Crippen molar-refractivity contribution in [2.75, 3.05) is 0 Å². The fourth-order valence-electron chi connectivity index (χ4n) is 7.11. The molecule has 7 rings (SSSR count). The zero-order chi connectivity index (χ0) is 35.9. The fraction of sp³-hybridized carbons (Fsp3) is 0.318. The second kappa shape index (κ2) is 11.3. The Hall–Kier alpha value is -4.50. The van der Waals surface area contributed by atoms with Gasteiger partial charge in [0.05, 0.1) is 5.69 Å². The van der Waals surface area contributed by atoms with Crippen molar-refractivity contribution >= 4 is 43.5 Å². The molecule has 7 aromatic rings. The van der Waals surface area contributed by atoms with E-state index < -0.39 is 6.85 Å². The van der Waals surface area contributed by atoms with Crippen LogP contribution >= 0.6 is 0 Å². The van der Waals surface area contributed by atoms with E-state index in [1.54, 1.807) is 12.4 Å². The Morgan fingerprint density at radius 3 is 1.94 bits per heavy atom. The third kappa shape index (κ3) is 5.12. The van der Waals surface area contributed by atoms with Gasteiger partial charge >= 0.3 is 0 Å². The first-order valence-electron chi connectivity index (χ1n) is 18.4. The molecule has 0 saturated heterocycles. The van der Waals surface area contributed by atoms with E-state index >= 15 is 0 Å². The zero-order valence-electron chi connectivity index (χ0n) is 32.0. The Morgan fingerprint density at radius 1 is 0.638 bits per heavy atom. The average Bonchev–Trinajstić information content (AvgIpc) is 3.46. The summed E-state index contributed by atoms with van der Waals surface area (Å²) >= 11 is 0. The quantitative estimate of drug-likeness (QED) is 0.180. The third-order valence-corrected chi connectivity index (χ3v) is 9.74. The summed E-state index contributed by atoms with van der Waals surface area (Å²) in [7, 11) is 0. The van der Waals surface area contributed by atoms with Gasteiger partial charge in [-0.1, -0.05) is 111 Å². The summed E-state index contributed by atoms with van der Waals surface area (Å²) in [6.45, 7) is 17.7. The Labute approximate surface area is 283 Å². The van der Waals surface area contributed by atoms with Crippen molar-refractivity contribution in [3.05, 3.63) is 107 Å². The Balaban J connectivity index is 1.64. The molecule has 47 heavy (non-hydrogen) atoms. The number of furan rings is 1. The molecule has 3 nitrogen and oxygen atoms in total. The van der Waals surface area contributed by atoms with Gasteiger partial charge in [-0.15, -0.1) is 0 Å². The minimum Gasteiger partial charge on any atom is -0.455 e. The first-order valence-corrected chi connectivity index (χ1v) is 16.9. The molecule has 0 aliphatic heterocycles. The van der Waals surface area contributed by atoms with Gasteiger partial charge in [0.15, 0.2) is 0 Å². The number of hydrogen-bond donors (Lipinski definition) is 0. The molecule has 0 fully saturated rings. The summed E-state index contributed by atoms with van der Waals surface area (Å²) in [5, 5.41) is 5.76. The van der Waals surface area contributed by atoms with E-state index in [1.807, 2.05) is 18.2 Å². The lowest BCUT2D eigenvalue weighted by atomic mass is 9.80. The number of hydrogen-bond acceptors (Lipinski definition) is 3. The SMILES string of the molecule is [2H]C([2H])([2H])c1ccc(-c2cc(C(C)(C)C)ncn2)c2oc3c4cc(-c5c(C(C)C)cc(C(C)C)cc5C(C)C)c5ccccc5c4ccc3c12. The number of rotatable bonds is 5. The van der Waals surface area contributed by atoms with Crippen LogP contribution in [0.15, 0.2) is 83.5 Å². The van der Waals surface area contributed by atoms with E-state index in [9.17, 15) is 0 Å². The van der Waals surface area contributed by atoms with Crippen LogP contribution in [0.5, 0.6) is 0 Å². The normalized spacial score (nSPS) is 13.8. The number of aryl methyl sites for hydroxylation is 1. The summed E-state index contributed by atoms with van der Waals surface area (Å²) in [6.07, 6.45) is 1.58. The molecule has 0 spiro atoms. The first-order chi connectivity index (χ1) is 23.6. The lowest BCUT2D eigenvalue weighted by molar-refractivity contribution is 0.567. The van der Waals surface area contributed by atoms with Crippen LogP contribution in [0.2, 0.25) is 0 Å². The van der Waals surface area contributed by atoms with Crippen LogP contribution in [0.4, 0.5) is 0 Å². The number of aromatic nitrogens is 2. The maximum Gasteiger partial charge on any atom is 0.145 e. The van der Waals surface area contributed by atoms with Crippen LogP contribution in [-0.2, 0) is 5.41 Å². The molecule has 2 aromatic heterocycles. The van der Waals surface area contributed by atoms with Gasteiger partial charge in [-0.3, -0.25) is 0 Å². The molecule has 2 heterocycles. The molecule has 0 atom stereocenters. The highest BCUT2D eigenvalue weighted by Gasteiger charge is 2.24. The monoisotopic (exact) mass is 621 g/mol. The van der Waals surface area contributed by atoms with Crippen molar-refractivity contribution in [2.45, 2.75) is 92.3 Å². The maximum atomic E-state index is 8.52. The Bertz CT molecular complexity index is 2410. The first kappa shape index (κ1) is 27.6. The third-order valence-electron chi connectivity index (χ3n) is 9.74. The molecule has 5 aromatic carbocycles. The summed E-state index contributed by atoms with van der Waals surface area (Å²) in [4.78, 5) is 9.20. The van der Waals surface area contributed by atoms with Gasteiger partial charge < -0.3 is 4.42 Å². The van der Waals surface area contributed by atoms with Gasteiger partial charge in [0.25, 0.3) is 0 Å². The van der Waals surface area contributed by atoms with Crippen molar-refractivity contribution in [1.82, 2.24) is 9.97 Å². The maximum absolute atomic E-state index is 8.52. The molecule has 0 amide bonds. The van der Waals surface area contributed by atoms with E-state index in [-0.39, 0.29) is 11.0 Å². The van der Waals surface area contributed by atoms with Crippen molar-refractivity contribution in [1.29, 1.82) is 0 Å². The second-order valence-corrected chi connectivity index (χ2v) is 15.1. The predicted molar refractivity (Wildman–Crippen MR) is 201 cm³/mol. The number of nitrogens with zero attached hydrogens (tertiary/aromatic N) is 2. The van der Waals surface area contributed by atoms with E-state index in [2.05, 4.69) is 121 Å². The van der Waals surface area contributed by atoms with E-state index in [1.165, 1.54) is 33.2 Å². The highest BCUT2D eigenvalue weighted by molar-refractivity contribution is 6.24. The summed E-state index contributed by atoms with van der Waals surface area (Å²) in [5.74, 6) is 1.04. The van der Waals surface area contributed by atoms with Crippen LogP contribution in [0, 0.1) is 6.85 Å². The van der Waals surface area contributed by atoms with E-state index in [0.29, 0.717) is 40.0 Å². The Morgan fingerprint density at radius 2 is 1.30 bits per heavy atom. The molecular formula is C44H46N2O. The molecular weight excluding hydrogens is 572 g/mol. The molecule has 0 saturated carbocycles. The van der Waals surface area contributed by atoms with Crippen LogP contribution in [0.1, 0.15) is 112 Å². The van der Waals surface area contributed by atoms with Gasteiger partial charge in [0.2, 0.25) is 0 Å². The highest BCUT2D eigenvalue weighted by Crippen LogP contribution is 2.46. The molecule has 0 aliphatic carbocycles. The van der Waals surface area contributed by atoms with Crippen molar-refractivity contribution in [2.24, 2.45) is 0 Å². The smallest absolute Gasteiger partial charge is 0.145 e. The zero-order valence-corrected chi connectivity index (χ0v) is 29.0. The highest BCUT2D eigenvalue weighted by atomic mass is 16.3. The number of fused-ring (bicyclic) bond motifs is 7. The number of benzene rings is 5. The molecule has 0 unspecified atom stereocenters. The minimum atomic E-state index is -2.34. The molecule has 0 aliphatic rings. The lowest BCUT2D eigenvalue weighted by Gasteiger charge is -2.24. The molecule has 0 bridgehead atoms. The Kier molecular flexibility index (Phi) is 6.65. The molecule has 0 N–H and O–H groups in total. The standard InChI is InChI=1S/C44H46N2O/c1-24(2)28-19-34(25(3)4)41(35(20-28)26(5)6)36-21-37-31(29-13-11-12-14-30(29)36)17-18-33-40-27(7)15-16-32(43(40)47-42(33)37)38-22-39(44(8,9)10)46-23-45-38/h11-26H,1-10H3/i7D3. The van der Waals surface area contributed by atoms with Crippen LogP contribution < -0.4 is 0 Å². The average molecular weight is 622 g/mol. The van der Waals surface area contributed by atoms with Gasteiger partial charge in [-0.2, -0.15) is 0 Å². The minimum absolute atomic E-state index is 0.186. The van der Waals surface area contributed by atoms with Gasteiger partial charge in [0.1, 0.15) is 17.5 Å². The lowest BCUT2D eigenvalue weighted by Crippen LogP contribution is -2.13. The summed E-state index contributed by atoms with van der Waals surface area (Å²) in [5.41, 5.74) is 10.1. The van der Waals surface area contributed by atoms with Crippen molar-refractivity contribution in [3.63, 3.8) is 0 Å². The largest absolute Gasteiger partial charge is 0.455 e. The topological polar surface area (TPSA) is 38.9 Å². The van der Waals surface area contributed by atoms with Crippen LogP contribution in [-0.4, -0.2) is 9.97 Å². The van der Waals surface area contributed by atoms with Gasteiger partial charge in [0, 0.05) is 36.9 Å². The van der Waals surface area contributed by atoms with Gasteiger partial charge in [-0.25, -0.2) is 9.97 Å². The van der Waals surface area contributed by atoms with E-state index in [4.69, 9.17) is 8.53 Å². The van der Waals surface area contributed by atoms with Crippen molar-refractivity contribution in [3.8, 4) is 22.4 Å². The predicted octanol–water partition coefficient (Wildman–Crippen LogP) is 13.0. The fourth-order valence-corrected chi connectivity index (χ4v) is 7.11. The van der Waals surface area contributed by atoms with Crippen molar-refractivity contribution < 1.29 is 8.53 Å². The molecule has 3 heteroatoms. The molecule has 238 valence electrons. The second-order valence-electron chi connectivity index (χ2n) is 15.1. The van der Waals surface area contributed by atoms with Crippen LogP contribution in [0.25, 0.3) is 65.9 Å². The van der Waals surface area contributed by atoms with E-state index in [0.717, 1.165) is 32.8 Å². The van der Waals surface area contributed by atoms with Crippen LogP contribution in [0.3, 0.4) is 0 Å². The molecule has 0 radical (unpaired) electrons.